The number of halogens is 1. The van der Waals surface area contributed by atoms with Gasteiger partial charge >= 0.3 is 0 Å². The average Bonchev–Trinajstić information content (AvgIpc) is 2.36. The highest BCUT2D eigenvalue weighted by atomic mass is 35.5. The Labute approximate surface area is 113 Å². The fraction of sp³-hybridized carbons (Fsp3) is 0.538. The van der Waals surface area contributed by atoms with E-state index in [1.54, 1.807) is 12.1 Å². The summed E-state index contributed by atoms with van der Waals surface area (Å²) < 4.78 is 0. The Balaban J connectivity index is 3.17. The van der Waals surface area contributed by atoms with Gasteiger partial charge in [0.1, 0.15) is 0 Å². The maximum absolute atomic E-state index is 10.8. The lowest BCUT2D eigenvalue weighted by atomic mass is 9.98. The van der Waals surface area contributed by atoms with Gasteiger partial charge in [-0.1, -0.05) is 6.92 Å². The lowest BCUT2D eigenvalue weighted by Gasteiger charge is -2.37. The molecule has 4 nitrogen and oxygen atoms in total. The second-order valence-corrected chi connectivity index (χ2v) is 5.20. The van der Waals surface area contributed by atoms with Crippen LogP contribution in [0.5, 0.6) is 0 Å². The van der Waals surface area contributed by atoms with Gasteiger partial charge in [-0.15, -0.1) is 11.6 Å². The molecule has 0 N–H and O–H groups in total. The van der Waals surface area contributed by atoms with Crippen molar-refractivity contribution < 1.29 is 4.92 Å². The number of hydrogen-bond acceptors (Lipinski definition) is 3. The highest BCUT2D eigenvalue weighted by Gasteiger charge is 2.23. The molecule has 0 radical (unpaired) electrons. The molecule has 0 aromatic heterocycles. The first kappa shape index (κ1) is 14.8. The van der Waals surface area contributed by atoms with Crippen LogP contribution in [-0.2, 0) is 5.88 Å². The molecule has 0 bridgehead atoms. The largest absolute Gasteiger partial charge is 0.369 e. The smallest absolute Gasteiger partial charge is 0.273 e. The Morgan fingerprint density at radius 2 is 2.06 bits per heavy atom. The Bertz CT molecular complexity index is 447. The molecule has 0 unspecified atom stereocenters. The number of nitro groups is 1. The molecule has 0 heterocycles. The fourth-order valence-electron chi connectivity index (χ4n) is 1.65. The van der Waals surface area contributed by atoms with Crippen LogP contribution in [0.3, 0.4) is 0 Å². The van der Waals surface area contributed by atoms with Gasteiger partial charge in [0.15, 0.2) is 0 Å². The molecule has 0 aliphatic rings. The van der Waals surface area contributed by atoms with Crippen LogP contribution in [0.1, 0.15) is 32.8 Å². The molecule has 0 aliphatic heterocycles. The normalized spacial score (nSPS) is 11.4. The molecule has 1 aromatic carbocycles. The van der Waals surface area contributed by atoms with Gasteiger partial charge in [0.05, 0.1) is 10.8 Å². The second kappa shape index (κ2) is 5.57. The molecule has 0 atom stereocenters. The van der Waals surface area contributed by atoms with Crippen LogP contribution in [0.4, 0.5) is 11.4 Å². The van der Waals surface area contributed by atoms with Crippen molar-refractivity contribution in [3.63, 3.8) is 0 Å². The van der Waals surface area contributed by atoms with Gasteiger partial charge in [-0.2, -0.15) is 0 Å². The molecule has 1 aromatic rings. The predicted octanol–water partition coefficient (Wildman–Crippen LogP) is 3.96. The minimum absolute atomic E-state index is 0.000282. The van der Waals surface area contributed by atoms with Gasteiger partial charge in [-0.3, -0.25) is 10.1 Å². The quantitative estimate of drug-likeness (QED) is 0.462. The van der Waals surface area contributed by atoms with E-state index in [4.69, 9.17) is 11.6 Å². The number of benzene rings is 1. The van der Waals surface area contributed by atoms with E-state index < -0.39 is 4.92 Å². The topological polar surface area (TPSA) is 46.4 Å². The van der Waals surface area contributed by atoms with Crippen molar-refractivity contribution in [1.29, 1.82) is 0 Å². The summed E-state index contributed by atoms with van der Waals surface area (Å²) in [5.74, 6) is 0.143. The van der Waals surface area contributed by atoms with Gasteiger partial charge in [0, 0.05) is 29.9 Å². The Kier molecular flexibility index (Phi) is 4.57. The fourth-order valence-corrected chi connectivity index (χ4v) is 1.87. The minimum Gasteiger partial charge on any atom is -0.369 e. The van der Waals surface area contributed by atoms with Crippen LogP contribution < -0.4 is 4.90 Å². The molecule has 100 valence electrons. The molecular weight excluding hydrogens is 252 g/mol. The summed E-state index contributed by atoms with van der Waals surface area (Å²) in [5, 5.41) is 10.8. The monoisotopic (exact) mass is 270 g/mol. The average molecular weight is 271 g/mol. The van der Waals surface area contributed by atoms with Crippen LogP contribution in [0.25, 0.3) is 0 Å². The number of alkyl halides is 1. The van der Waals surface area contributed by atoms with Crippen LogP contribution in [0.15, 0.2) is 18.2 Å². The van der Waals surface area contributed by atoms with E-state index in [-0.39, 0.29) is 17.1 Å². The molecule has 0 fully saturated rings. The second-order valence-electron chi connectivity index (χ2n) is 4.93. The summed E-state index contributed by atoms with van der Waals surface area (Å²) in [4.78, 5) is 12.6. The summed E-state index contributed by atoms with van der Waals surface area (Å²) in [5.41, 5.74) is 1.58. The number of nitro benzene ring substituents is 1. The SMILES string of the molecule is CCC(C)(C)N(C)c1ccc([N+](=O)[O-])c(CCl)c1. The van der Waals surface area contributed by atoms with E-state index in [1.807, 2.05) is 7.05 Å². The van der Waals surface area contributed by atoms with Crippen molar-refractivity contribution >= 4 is 23.0 Å². The third-order valence-corrected chi connectivity index (χ3v) is 3.85. The van der Waals surface area contributed by atoms with Crippen LogP contribution >= 0.6 is 11.6 Å². The zero-order valence-corrected chi connectivity index (χ0v) is 12.0. The van der Waals surface area contributed by atoms with Crippen molar-refractivity contribution in [3.8, 4) is 0 Å². The zero-order valence-electron chi connectivity index (χ0n) is 11.2. The van der Waals surface area contributed by atoms with E-state index in [0.29, 0.717) is 5.56 Å². The van der Waals surface area contributed by atoms with E-state index >= 15 is 0 Å². The predicted molar refractivity (Wildman–Crippen MR) is 75.4 cm³/mol. The maximum atomic E-state index is 10.8. The molecule has 0 saturated carbocycles. The van der Waals surface area contributed by atoms with Crippen molar-refractivity contribution in [2.24, 2.45) is 0 Å². The zero-order chi connectivity index (χ0) is 13.9. The van der Waals surface area contributed by atoms with E-state index in [2.05, 4.69) is 25.7 Å². The van der Waals surface area contributed by atoms with E-state index in [9.17, 15) is 10.1 Å². The van der Waals surface area contributed by atoms with Crippen LogP contribution in [0, 0.1) is 10.1 Å². The van der Waals surface area contributed by atoms with Gasteiger partial charge < -0.3 is 4.90 Å². The molecule has 0 spiro atoms. The molecule has 0 amide bonds. The molecule has 18 heavy (non-hydrogen) atoms. The van der Waals surface area contributed by atoms with Gasteiger partial charge in [0.2, 0.25) is 0 Å². The van der Waals surface area contributed by atoms with E-state index in [0.717, 1.165) is 12.1 Å². The molecule has 0 saturated heterocycles. The lowest BCUT2D eigenvalue weighted by Crippen LogP contribution is -2.40. The van der Waals surface area contributed by atoms with E-state index in [1.165, 1.54) is 6.07 Å². The van der Waals surface area contributed by atoms with Crippen molar-refractivity contribution in [2.45, 2.75) is 38.6 Å². The van der Waals surface area contributed by atoms with Crippen LogP contribution in [-0.4, -0.2) is 17.5 Å². The lowest BCUT2D eigenvalue weighted by molar-refractivity contribution is -0.385. The van der Waals surface area contributed by atoms with Crippen molar-refractivity contribution in [1.82, 2.24) is 0 Å². The molecule has 0 aliphatic carbocycles. The molecule has 5 heteroatoms. The molecule has 1 rings (SSSR count). The van der Waals surface area contributed by atoms with Crippen molar-refractivity contribution in [2.75, 3.05) is 11.9 Å². The Hall–Kier alpha value is -1.29. The number of hydrogen-bond donors (Lipinski definition) is 0. The summed E-state index contributed by atoms with van der Waals surface area (Å²) in [6.45, 7) is 6.38. The van der Waals surface area contributed by atoms with Crippen LogP contribution in [0.2, 0.25) is 0 Å². The van der Waals surface area contributed by atoms with Gasteiger partial charge in [-0.05, 0) is 32.4 Å². The first-order valence-corrected chi connectivity index (χ1v) is 6.44. The van der Waals surface area contributed by atoms with Crippen molar-refractivity contribution in [3.05, 3.63) is 33.9 Å². The number of rotatable bonds is 5. The highest BCUT2D eigenvalue weighted by molar-refractivity contribution is 6.17. The summed E-state index contributed by atoms with van der Waals surface area (Å²) in [6.07, 6.45) is 0.983. The first-order chi connectivity index (χ1) is 8.33. The third-order valence-electron chi connectivity index (χ3n) is 3.56. The Morgan fingerprint density at radius 3 is 2.50 bits per heavy atom. The summed E-state index contributed by atoms with van der Waals surface area (Å²) in [7, 11) is 1.99. The number of anilines is 1. The van der Waals surface area contributed by atoms with Gasteiger partial charge in [-0.25, -0.2) is 0 Å². The first-order valence-electron chi connectivity index (χ1n) is 5.90. The number of nitrogens with zero attached hydrogens (tertiary/aromatic N) is 2. The summed E-state index contributed by atoms with van der Waals surface area (Å²) >= 11 is 5.78. The Morgan fingerprint density at radius 1 is 1.44 bits per heavy atom. The van der Waals surface area contributed by atoms with Gasteiger partial charge in [0.25, 0.3) is 5.69 Å². The minimum atomic E-state index is -0.396. The standard InChI is InChI=1S/C13H19ClN2O2/c1-5-13(2,3)15(4)11-6-7-12(16(17)18)10(8-11)9-14/h6-8H,5,9H2,1-4H3. The molecular formula is C13H19ClN2O2. The summed E-state index contributed by atoms with van der Waals surface area (Å²) in [6, 6.07) is 5.09. The maximum Gasteiger partial charge on any atom is 0.273 e. The third kappa shape index (κ3) is 2.93. The highest BCUT2D eigenvalue weighted by Crippen LogP contribution is 2.30.